The second-order valence-electron chi connectivity index (χ2n) is 4.43. The van der Waals surface area contributed by atoms with Gasteiger partial charge in [0, 0.05) is 25.0 Å². The maximum atomic E-state index is 5.76. The number of halogens is 1. The summed E-state index contributed by atoms with van der Waals surface area (Å²) in [5, 5.41) is 0.529. The van der Waals surface area contributed by atoms with Gasteiger partial charge < -0.3 is 0 Å². The fraction of sp³-hybridized carbons (Fsp3) is 0.286. The molecule has 94 valence electrons. The number of nitrogens with zero attached hydrogens (tertiary/aromatic N) is 3. The molecule has 0 aliphatic carbocycles. The lowest BCUT2D eigenvalue weighted by atomic mass is 10.2. The Morgan fingerprint density at radius 3 is 2.67 bits per heavy atom. The van der Waals surface area contributed by atoms with Gasteiger partial charge in [0.1, 0.15) is 5.15 Å². The van der Waals surface area contributed by atoms with Crippen LogP contribution in [0.1, 0.15) is 17.0 Å². The number of rotatable bonds is 4. The Balaban J connectivity index is 1.96. The highest BCUT2D eigenvalue weighted by atomic mass is 35.5. The molecule has 2 heterocycles. The number of hydrogen-bond acceptors (Lipinski definition) is 3. The molecule has 2 rings (SSSR count). The Morgan fingerprint density at radius 2 is 2.00 bits per heavy atom. The fourth-order valence-corrected chi connectivity index (χ4v) is 1.94. The lowest BCUT2D eigenvalue weighted by molar-refractivity contribution is 0.314. The highest BCUT2D eigenvalue weighted by Crippen LogP contribution is 2.09. The van der Waals surface area contributed by atoms with Crippen molar-refractivity contribution < 1.29 is 0 Å². The first-order valence-corrected chi connectivity index (χ1v) is 6.23. The molecule has 0 radical (unpaired) electrons. The Bertz CT molecular complexity index is 511. The van der Waals surface area contributed by atoms with Crippen LogP contribution in [-0.2, 0) is 13.1 Å². The van der Waals surface area contributed by atoms with E-state index in [2.05, 4.69) is 21.9 Å². The molecule has 0 fully saturated rings. The van der Waals surface area contributed by atoms with Gasteiger partial charge in [0.15, 0.2) is 0 Å². The van der Waals surface area contributed by atoms with Crippen molar-refractivity contribution >= 4 is 11.6 Å². The minimum absolute atomic E-state index is 0.529. The average Bonchev–Trinajstić information content (AvgIpc) is 2.32. The zero-order valence-corrected chi connectivity index (χ0v) is 11.4. The molecule has 0 aliphatic heterocycles. The summed E-state index contributed by atoms with van der Waals surface area (Å²) >= 11 is 5.76. The molecule has 0 N–H and O–H groups in total. The van der Waals surface area contributed by atoms with Gasteiger partial charge in [-0.15, -0.1) is 0 Å². The highest BCUT2D eigenvalue weighted by Gasteiger charge is 2.03. The van der Waals surface area contributed by atoms with Crippen molar-refractivity contribution in [3.05, 3.63) is 58.6 Å². The van der Waals surface area contributed by atoms with Crippen LogP contribution in [0.3, 0.4) is 0 Å². The molecule has 4 heteroatoms. The summed E-state index contributed by atoms with van der Waals surface area (Å²) in [6, 6.07) is 9.90. The summed E-state index contributed by atoms with van der Waals surface area (Å²) in [4.78, 5) is 10.8. The minimum Gasteiger partial charge on any atom is -0.296 e. The van der Waals surface area contributed by atoms with Crippen molar-refractivity contribution in [2.45, 2.75) is 20.0 Å². The summed E-state index contributed by atoms with van der Waals surface area (Å²) in [7, 11) is 2.07. The van der Waals surface area contributed by atoms with Gasteiger partial charge in [0.05, 0.1) is 5.69 Å². The normalized spacial score (nSPS) is 10.9. The van der Waals surface area contributed by atoms with Crippen molar-refractivity contribution in [3.63, 3.8) is 0 Å². The number of hydrogen-bond donors (Lipinski definition) is 0. The number of aryl methyl sites for hydroxylation is 1. The van der Waals surface area contributed by atoms with Crippen LogP contribution < -0.4 is 0 Å². The van der Waals surface area contributed by atoms with E-state index in [9.17, 15) is 0 Å². The van der Waals surface area contributed by atoms with E-state index in [0.717, 1.165) is 30.0 Å². The van der Waals surface area contributed by atoms with Crippen molar-refractivity contribution in [2.24, 2.45) is 0 Å². The molecule has 0 unspecified atom stereocenters. The fourth-order valence-electron chi connectivity index (χ4n) is 1.83. The summed E-state index contributed by atoms with van der Waals surface area (Å²) in [6.45, 7) is 3.66. The molecule has 0 amide bonds. The molecule has 0 aliphatic rings. The molecular formula is C14H16ClN3. The van der Waals surface area contributed by atoms with Crippen LogP contribution in [0.25, 0.3) is 0 Å². The smallest absolute Gasteiger partial charge is 0.129 e. The Morgan fingerprint density at radius 1 is 1.17 bits per heavy atom. The standard InChI is InChI=1S/C14H16ClN3/c1-11-4-3-5-13(17-11)10-18(2)9-12-6-7-14(15)16-8-12/h3-8H,9-10H2,1-2H3. The van der Waals surface area contributed by atoms with Crippen LogP contribution in [0.15, 0.2) is 36.5 Å². The van der Waals surface area contributed by atoms with Gasteiger partial charge in [-0.3, -0.25) is 9.88 Å². The number of aromatic nitrogens is 2. The topological polar surface area (TPSA) is 29.0 Å². The van der Waals surface area contributed by atoms with Crippen LogP contribution >= 0.6 is 11.6 Å². The number of pyridine rings is 2. The van der Waals surface area contributed by atoms with Gasteiger partial charge in [-0.2, -0.15) is 0 Å². The molecule has 3 nitrogen and oxygen atoms in total. The molecule has 0 spiro atoms. The van der Waals surface area contributed by atoms with Crippen molar-refractivity contribution in [1.29, 1.82) is 0 Å². The molecule has 0 aromatic carbocycles. The van der Waals surface area contributed by atoms with Crippen LogP contribution in [0, 0.1) is 6.92 Å². The largest absolute Gasteiger partial charge is 0.296 e. The quantitative estimate of drug-likeness (QED) is 0.792. The first kappa shape index (κ1) is 13.0. The first-order chi connectivity index (χ1) is 8.63. The van der Waals surface area contributed by atoms with Gasteiger partial charge in [0.2, 0.25) is 0 Å². The van der Waals surface area contributed by atoms with E-state index in [4.69, 9.17) is 11.6 Å². The average molecular weight is 262 g/mol. The second kappa shape index (κ2) is 5.94. The molecule has 0 saturated carbocycles. The lowest BCUT2D eigenvalue weighted by Crippen LogP contribution is -2.18. The SMILES string of the molecule is Cc1cccc(CN(C)Cc2ccc(Cl)nc2)n1. The van der Waals surface area contributed by atoms with E-state index >= 15 is 0 Å². The predicted octanol–water partition coefficient (Wildman–Crippen LogP) is 3.07. The predicted molar refractivity (Wildman–Crippen MR) is 73.4 cm³/mol. The van der Waals surface area contributed by atoms with Crippen LogP contribution in [0.5, 0.6) is 0 Å². The summed E-state index contributed by atoms with van der Waals surface area (Å²) < 4.78 is 0. The molecular weight excluding hydrogens is 246 g/mol. The summed E-state index contributed by atoms with van der Waals surface area (Å²) in [6.07, 6.45) is 1.81. The molecule has 0 atom stereocenters. The maximum Gasteiger partial charge on any atom is 0.129 e. The van der Waals surface area contributed by atoms with E-state index in [1.54, 1.807) is 0 Å². The third-order valence-corrected chi connectivity index (χ3v) is 2.84. The minimum atomic E-state index is 0.529. The Labute approximate surface area is 112 Å². The Hall–Kier alpha value is -1.45. The molecule has 2 aromatic heterocycles. The van der Waals surface area contributed by atoms with E-state index in [-0.39, 0.29) is 0 Å². The lowest BCUT2D eigenvalue weighted by Gasteiger charge is -2.16. The van der Waals surface area contributed by atoms with Gasteiger partial charge in [0.25, 0.3) is 0 Å². The zero-order chi connectivity index (χ0) is 13.0. The van der Waals surface area contributed by atoms with Gasteiger partial charge in [-0.05, 0) is 37.7 Å². The Kier molecular flexibility index (Phi) is 4.28. The molecule has 2 aromatic rings. The van der Waals surface area contributed by atoms with Crippen LogP contribution in [0.2, 0.25) is 5.15 Å². The van der Waals surface area contributed by atoms with E-state index in [0.29, 0.717) is 5.15 Å². The van der Waals surface area contributed by atoms with Crippen molar-refractivity contribution in [1.82, 2.24) is 14.9 Å². The molecule has 18 heavy (non-hydrogen) atoms. The highest BCUT2D eigenvalue weighted by molar-refractivity contribution is 6.29. The first-order valence-electron chi connectivity index (χ1n) is 5.85. The van der Waals surface area contributed by atoms with E-state index < -0.39 is 0 Å². The van der Waals surface area contributed by atoms with Gasteiger partial charge >= 0.3 is 0 Å². The summed E-state index contributed by atoms with van der Waals surface area (Å²) in [5.74, 6) is 0. The van der Waals surface area contributed by atoms with Gasteiger partial charge in [-0.1, -0.05) is 23.7 Å². The second-order valence-corrected chi connectivity index (χ2v) is 4.82. The van der Waals surface area contributed by atoms with Crippen molar-refractivity contribution in [3.8, 4) is 0 Å². The van der Waals surface area contributed by atoms with Crippen LogP contribution in [-0.4, -0.2) is 21.9 Å². The van der Waals surface area contributed by atoms with Gasteiger partial charge in [-0.25, -0.2) is 4.98 Å². The monoisotopic (exact) mass is 261 g/mol. The third kappa shape index (κ3) is 3.79. The van der Waals surface area contributed by atoms with Crippen LogP contribution in [0.4, 0.5) is 0 Å². The molecule has 0 saturated heterocycles. The maximum absolute atomic E-state index is 5.76. The third-order valence-electron chi connectivity index (χ3n) is 2.62. The zero-order valence-electron chi connectivity index (χ0n) is 10.6. The molecule has 0 bridgehead atoms. The summed E-state index contributed by atoms with van der Waals surface area (Å²) in [5.41, 5.74) is 3.28. The van der Waals surface area contributed by atoms with Crippen molar-refractivity contribution in [2.75, 3.05) is 7.05 Å². The van der Waals surface area contributed by atoms with E-state index in [1.807, 2.05) is 43.5 Å². The van der Waals surface area contributed by atoms with E-state index in [1.165, 1.54) is 0 Å².